The monoisotopic (exact) mass is 381 g/mol. The molecule has 0 radical (unpaired) electrons. The highest BCUT2D eigenvalue weighted by Gasteiger charge is 2.48. The lowest BCUT2D eigenvalue weighted by Gasteiger charge is -2.18. The molecule has 0 aromatic heterocycles. The molecule has 10 heteroatoms. The number of methoxy groups -OCH3 is 2. The molecule has 0 saturated carbocycles. The summed E-state index contributed by atoms with van der Waals surface area (Å²) in [6.45, 7) is 0.354. The van der Waals surface area contributed by atoms with E-state index in [0.29, 0.717) is 17.2 Å². The summed E-state index contributed by atoms with van der Waals surface area (Å²) in [6.07, 6.45) is -1.10. The van der Waals surface area contributed by atoms with Crippen LogP contribution in [0.4, 0.5) is 10.5 Å². The molecule has 2 saturated heterocycles. The van der Waals surface area contributed by atoms with Gasteiger partial charge in [0, 0.05) is 23.9 Å². The number of fused-ring (bicyclic) bond motifs is 1. The molecule has 4 atom stereocenters. The molecule has 2 aliphatic rings. The zero-order chi connectivity index (χ0) is 19.4. The van der Waals surface area contributed by atoms with E-state index in [0.717, 1.165) is 0 Å². The second-order valence-electron chi connectivity index (χ2n) is 6.22. The van der Waals surface area contributed by atoms with Gasteiger partial charge in [-0.25, -0.2) is 4.79 Å². The third-order valence-electron chi connectivity index (χ3n) is 4.37. The molecule has 0 aliphatic carbocycles. The summed E-state index contributed by atoms with van der Waals surface area (Å²) in [6, 6.07) is 4.30. The third kappa shape index (κ3) is 4.59. The number of carbonyl (C=O) groups excluding carboxylic acids is 2. The molecule has 0 bridgehead atoms. The topological polar surface area (TPSA) is 130 Å². The van der Waals surface area contributed by atoms with Crippen LogP contribution in [0.2, 0.25) is 0 Å². The highest BCUT2D eigenvalue weighted by atomic mass is 16.6. The Hall–Kier alpha value is -2.56. The average Bonchev–Trinajstić information content (AvgIpc) is 3.22. The SMILES string of the molecule is COc1cc(NC(=O)N[C@H]2CO[C@H]3[C@@H]2OC[C@H]3OCC(N)=O)cc(OC)c1. The van der Waals surface area contributed by atoms with Gasteiger partial charge in [0.2, 0.25) is 5.91 Å². The maximum absolute atomic E-state index is 12.3. The minimum Gasteiger partial charge on any atom is -0.497 e. The predicted molar refractivity (Wildman–Crippen MR) is 93.9 cm³/mol. The normalized spacial score (nSPS) is 26.3. The average molecular weight is 381 g/mol. The number of nitrogens with two attached hydrogens (primary N) is 1. The highest BCUT2D eigenvalue weighted by molar-refractivity contribution is 5.90. The molecule has 148 valence electrons. The van der Waals surface area contributed by atoms with E-state index in [9.17, 15) is 9.59 Å². The Bertz CT molecular complexity index is 677. The lowest BCUT2D eigenvalue weighted by molar-refractivity contribution is -0.126. The van der Waals surface area contributed by atoms with Crippen molar-refractivity contribution < 1.29 is 33.3 Å². The van der Waals surface area contributed by atoms with Crippen molar-refractivity contribution in [1.29, 1.82) is 0 Å². The number of benzene rings is 1. The molecule has 3 amide bonds. The first-order valence-corrected chi connectivity index (χ1v) is 8.44. The maximum atomic E-state index is 12.3. The Kier molecular flexibility index (Phi) is 5.99. The van der Waals surface area contributed by atoms with Crippen LogP contribution in [0.25, 0.3) is 0 Å². The number of hydrogen-bond donors (Lipinski definition) is 3. The molecular weight excluding hydrogens is 358 g/mol. The van der Waals surface area contributed by atoms with E-state index in [4.69, 9.17) is 29.4 Å². The number of anilines is 1. The van der Waals surface area contributed by atoms with Gasteiger partial charge in [0.1, 0.15) is 36.4 Å². The van der Waals surface area contributed by atoms with Gasteiger partial charge < -0.3 is 40.1 Å². The fourth-order valence-corrected chi connectivity index (χ4v) is 3.14. The van der Waals surface area contributed by atoms with Crippen LogP contribution in [0.1, 0.15) is 0 Å². The van der Waals surface area contributed by atoms with Crippen molar-refractivity contribution >= 4 is 17.6 Å². The van der Waals surface area contributed by atoms with Gasteiger partial charge in [-0.2, -0.15) is 0 Å². The fraction of sp³-hybridized carbons (Fsp3) is 0.529. The van der Waals surface area contributed by atoms with Crippen LogP contribution in [0.3, 0.4) is 0 Å². The standard InChI is InChI=1S/C17H23N3O7/c1-23-10-3-9(4-11(5-10)24-2)19-17(22)20-12-6-26-16-13(7-27-15(12)16)25-8-14(18)21/h3-5,12-13,15-16H,6-8H2,1-2H3,(H2,18,21)(H2,19,20,22)/t12-,13+,15+,16+/m0/s1. The molecule has 2 fully saturated rings. The summed E-state index contributed by atoms with van der Waals surface area (Å²) in [5.41, 5.74) is 5.61. The van der Waals surface area contributed by atoms with Gasteiger partial charge in [0.15, 0.2) is 0 Å². The number of primary amides is 1. The van der Waals surface area contributed by atoms with E-state index >= 15 is 0 Å². The summed E-state index contributed by atoms with van der Waals surface area (Å²) in [5, 5.41) is 5.57. The Balaban J connectivity index is 1.56. The van der Waals surface area contributed by atoms with Crippen LogP contribution in [0, 0.1) is 0 Å². The molecule has 2 heterocycles. The lowest BCUT2D eigenvalue weighted by Crippen LogP contribution is -2.46. The van der Waals surface area contributed by atoms with Crippen LogP contribution in [-0.2, 0) is 19.0 Å². The lowest BCUT2D eigenvalue weighted by atomic mass is 10.1. The van der Waals surface area contributed by atoms with Gasteiger partial charge in [-0.1, -0.05) is 0 Å². The number of nitrogens with one attached hydrogen (secondary N) is 2. The number of hydrogen-bond acceptors (Lipinski definition) is 7. The minimum atomic E-state index is -0.556. The first kappa shape index (κ1) is 19.2. The molecule has 1 aromatic carbocycles. The highest BCUT2D eigenvalue weighted by Crippen LogP contribution is 2.29. The van der Waals surface area contributed by atoms with E-state index in [2.05, 4.69) is 10.6 Å². The van der Waals surface area contributed by atoms with Gasteiger partial charge in [0.05, 0.1) is 33.5 Å². The van der Waals surface area contributed by atoms with E-state index < -0.39 is 11.9 Å². The fourth-order valence-electron chi connectivity index (χ4n) is 3.14. The third-order valence-corrected chi connectivity index (χ3v) is 4.37. The first-order valence-electron chi connectivity index (χ1n) is 8.44. The van der Waals surface area contributed by atoms with Gasteiger partial charge >= 0.3 is 6.03 Å². The van der Waals surface area contributed by atoms with Gasteiger partial charge in [-0.05, 0) is 0 Å². The predicted octanol–water partition coefficient (Wildman–Crippen LogP) is -0.138. The molecule has 0 spiro atoms. The van der Waals surface area contributed by atoms with Crippen LogP contribution in [0.5, 0.6) is 11.5 Å². The zero-order valence-electron chi connectivity index (χ0n) is 15.1. The minimum absolute atomic E-state index is 0.198. The van der Waals surface area contributed by atoms with Gasteiger partial charge in [-0.15, -0.1) is 0 Å². The Morgan fingerprint density at radius 2 is 1.78 bits per heavy atom. The quantitative estimate of drug-likeness (QED) is 0.599. The molecule has 10 nitrogen and oxygen atoms in total. The summed E-state index contributed by atoms with van der Waals surface area (Å²) < 4.78 is 27.1. The van der Waals surface area contributed by atoms with Crippen molar-refractivity contribution in [3.63, 3.8) is 0 Å². The van der Waals surface area contributed by atoms with E-state index in [-0.39, 0.29) is 44.2 Å². The molecule has 1 aromatic rings. The molecule has 2 aliphatic heterocycles. The molecule has 27 heavy (non-hydrogen) atoms. The van der Waals surface area contributed by atoms with Gasteiger partial charge in [0.25, 0.3) is 0 Å². The number of urea groups is 1. The molecule has 3 rings (SSSR count). The Morgan fingerprint density at radius 3 is 2.41 bits per heavy atom. The van der Waals surface area contributed by atoms with E-state index in [1.807, 2.05) is 0 Å². The molecular formula is C17H23N3O7. The summed E-state index contributed by atoms with van der Waals surface area (Å²) >= 11 is 0. The van der Waals surface area contributed by atoms with Crippen molar-refractivity contribution in [2.24, 2.45) is 5.73 Å². The number of carbonyl (C=O) groups is 2. The number of amides is 3. The van der Waals surface area contributed by atoms with Crippen molar-refractivity contribution in [2.45, 2.75) is 24.4 Å². The van der Waals surface area contributed by atoms with Crippen molar-refractivity contribution in [3.05, 3.63) is 18.2 Å². The van der Waals surface area contributed by atoms with Crippen molar-refractivity contribution in [2.75, 3.05) is 39.4 Å². The van der Waals surface area contributed by atoms with Crippen LogP contribution in [0.15, 0.2) is 18.2 Å². The second kappa shape index (κ2) is 8.42. The van der Waals surface area contributed by atoms with Crippen LogP contribution >= 0.6 is 0 Å². The largest absolute Gasteiger partial charge is 0.497 e. The second-order valence-corrected chi connectivity index (χ2v) is 6.22. The Morgan fingerprint density at radius 1 is 1.11 bits per heavy atom. The first-order chi connectivity index (χ1) is 13.0. The zero-order valence-corrected chi connectivity index (χ0v) is 15.1. The summed E-state index contributed by atoms with van der Waals surface area (Å²) in [4.78, 5) is 23.2. The van der Waals surface area contributed by atoms with Crippen LogP contribution in [-0.4, -0.2) is 70.3 Å². The van der Waals surface area contributed by atoms with E-state index in [1.54, 1.807) is 18.2 Å². The summed E-state index contributed by atoms with van der Waals surface area (Å²) in [7, 11) is 3.06. The van der Waals surface area contributed by atoms with Gasteiger partial charge in [-0.3, -0.25) is 4.79 Å². The smallest absolute Gasteiger partial charge is 0.319 e. The maximum Gasteiger partial charge on any atom is 0.319 e. The van der Waals surface area contributed by atoms with E-state index in [1.165, 1.54) is 14.2 Å². The molecule has 0 unspecified atom stereocenters. The summed E-state index contributed by atoms with van der Waals surface area (Å²) in [5.74, 6) is 0.559. The molecule has 4 N–H and O–H groups in total. The Labute approximate surface area is 156 Å². The number of rotatable bonds is 7. The van der Waals surface area contributed by atoms with Crippen molar-refractivity contribution in [1.82, 2.24) is 5.32 Å². The van der Waals surface area contributed by atoms with Crippen molar-refractivity contribution in [3.8, 4) is 11.5 Å². The number of ether oxygens (including phenoxy) is 5. The van der Waals surface area contributed by atoms with Crippen LogP contribution < -0.4 is 25.8 Å².